The smallest absolute Gasteiger partial charge is 0.150 e. The molecule has 0 radical (unpaired) electrons. The summed E-state index contributed by atoms with van der Waals surface area (Å²) in [6, 6.07) is 2.84. The van der Waals surface area contributed by atoms with Crippen LogP contribution in [0.2, 0.25) is 25.7 Å². The van der Waals surface area contributed by atoms with Gasteiger partial charge in [0.1, 0.15) is 18.2 Å². The van der Waals surface area contributed by atoms with Crippen LogP contribution in [0.15, 0.2) is 22.9 Å². The number of ether oxygens (including phenoxy) is 1. The van der Waals surface area contributed by atoms with E-state index in [1.165, 1.54) is 6.20 Å². The topological polar surface area (TPSA) is 27.1 Å². The molecule has 3 nitrogen and oxygen atoms in total. The van der Waals surface area contributed by atoms with Gasteiger partial charge in [-0.2, -0.15) is 0 Å². The average molecular weight is 345 g/mol. The van der Waals surface area contributed by atoms with Gasteiger partial charge < -0.3 is 9.30 Å². The summed E-state index contributed by atoms with van der Waals surface area (Å²) in [6.45, 7) is 7.98. The zero-order chi connectivity index (χ0) is 14.0. The molecular formula is C13H18BrFN2OSi. The number of hydrogen-bond donors (Lipinski definition) is 0. The van der Waals surface area contributed by atoms with Gasteiger partial charge in [0.05, 0.1) is 5.39 Å². The number of nitrogens with zero attached hydrogens (tertiary/aromatic N) is 2. The summed E-state index contributed by atoms with van der Waals surface area (Å²) >= 11 is 3.30. The van der Waals surface area contributed by atoms with Gasteiger partial charge in [-0.1, -0.05) is 19.6 Å². The standard InChI is InChI=1S/C13H18BrFN2OSi/c1-19(2,3)5-4-18-9-17-8-12(15)11-6-10(14)7-16-13(11)17/h6-8H,4-5,9H2,1-3H3. The van der Waals surface area contributed by atoms with Gasteiger partial charge in [0.2, 0.25) is 0 Å². The second kappa shape index (κ2) is 5.72. The first kappa shape index (κ1) is 14.7. The molecule has 0 bridgehead atoms. The van der Waals surface area contributed by atoms with Gasteiger partial charge in [-0.05, 0) is 28.0 Å². The Labute approximate surface area is 121 Å². The van der Waals surface area contributed by atoms with Crippen LogP contribution in [0.3, 0.4) is 0 Å². The monoisotopic (exact) mass is 344 g/mol. The Morgan fingerprint density at radius 2 is 2.16 bits per heavy atom. The molecule has 6 heteroatoms. The zero-order valence-electron chi connectivity index (χ0n) is 11.4. The van der Waals surface area contributed by atoms with E-state index in [2.05, 4.69) is 40.6 Å². The van der Waals surface area contributed by atoms with Crippen LogP contribution in [0.1, 0.15) is 0 Å². The van der Waals surface area contributed by atoms with E-state index in [0.29, 0.717) is 24.4 Å². The summed E-state index contributed by atoms with van der Waals surface area (Å²) in [6.07, 6.45) is 3.11. The number of halogens is 2. The van der Waals surface area contributed by atoms with E-state index in [4.69, 9.17) is 4.74 Å². The van der Waals surface area contributed by atoms with Crippen molar-refractivity contribution in [2.24, 2.45) is 0 Å². The van der Waals surface area contributed by atoms with Crippen LogP contribution < -0.4 is 0 Å². The van der Waals surface area contributed by atoms with Crippen molar-refractivity contribution in [3.63, 3.8) is 0 Å². The van der Waals surface area contributed by atoms with Gasteiger partial charge in [-0.3, -0.25) is 0 Å². The summed E-state index contributed by atoms with van der Waals surface area (Å²) in [4.78, 5) is 4.23. The van der Waals surface area contributed by atoms with Crippen LogP contribution in [0.4, 0.5) is 4.39 Å². The lowest BCUT2D eigenvalue weighted by atomic mass is 10.3. The maximum atomic E-state index is 13.8. The molecule has 0 aliphatic carbocycles. The summed E-state index contributed by atoms with van der Waals surface area (Å²) in [5, 5.41) is 0.517. The van der Waals surface area contributed by atoms with Crippen LogP contribution in [0.5, 0.6) is 0 Å². The predicted octanol–water partition coefficient (Wildman–Crippen LogP) is 4.25. The molecule has 2 aromatic rings. The summed E-state index contributed by atoms with van der Waals surface area (Å²) in [5.41, 5.74) is 0.619. The molecular weight excluding hydrogens is 327 g/mol. The SMILES string of the molecule is C[Si](C)(C)CCOCn1cc(F)c2cc(Br)cnc21. The average Bonchev–Trinajstić information content (AvgIpc) is 2.60. The highest BCUT2D eigenvalue weighted by Gasteiger charge is 2.13. The molecule has 104 valence electrons. The molecule has 2 heterocycles. The number of pyridine rings is 1. The lowest BCUT2D eigenvalue weighted by Crippen LogP contribution is -2.22. The normalized spacial score (nSPS) is 12.3. The Kier molecular flexibility index (Phi) is 4.42. The molecule has 0 aromatic carbocycles. The predicted molar refractivity (Wildman–Crippen MR) is 81.5 cm³/mol. The van der Waals surface area contributed by atoms with Gasteiger partial charge in [0, 0.05) is 31.5 Å². The van der Waals surface area contributed by atoms with Crippen molar-refractivity contribution < 1.29 is 9.13 Å². The van der Waals surface area contributed by atoms with E-state index in [0.717, 1.165) is 10.5 Å². The second-order valence-corrected chi connectivity index (χ2v) is 12.4. The third kappa shape index (κ3) is 3.87. The lowest BCUT2D eigenvalue weighted by molar-refractivity contribution is 0.0895. The first-order valence-corrected chi connectivity index (χ1v) is 10.7. The Bertz CT molecular complexity index is 580. The summed E-state index contributed by atoms with van der Waals surface area (Å²) in [7, 11) is -1.08. The second-order valence-electron chi connectivity index (χ2n) is 5.82. The van der Waals surface area contributed by atoms with Crippen molar-refractivity contribution in [1.29, 1.82) is 0 Å². The van der Waals surface area contributed by atoms with E-state index in [-0.39, 0.29) is 5.82 Å². The van der Waals surface area contributed by atoms with Crippen molar-refractivity contribution in [2.45, 2.75) is 32.4 Å². The first-order chi connectivity index (χ1) is 8.87. The van der Waals surface area contributed by atoms with Crippen molar-refractivity contribution in [3.05, 3.63) is 28.7 Å². The van der Waals surface area contributed by atoms with Gasteiger partial charge >= 0.3 is 0 Å². The molecule has 2 aromatic heterocycles. The van der Waals surface area contributed by atoms with E-state index in [1.54, 1.807) is 16.8 Å². The fraction of sp³-hybridized carbons (Fsp3) is 0.462. The van der Waals surface area contributed by atoms with Crippen LogP contribution >= 0.6 is 15.9 Å². The highest BCUT2D eigenvalue weighted by molar-refractivity contribution is 9.10. The third-order valence-electron chi connectivity index (χ3n) is 2.86. The molecule has 0 atom stereocenters. The van der Waals surface area contributed by atoms with Crippen molar-refractivity contribution in [2.75, 3.05) is 6.61 Å². The van der Waals surface area contributed by atoms with Gasteiger partial charge in [0.15, 0.2) is 0 Å². The highest BCUT2D eigenvalue weighted by Crippen LogP contribution is 2.22. The van der Waals surface area contributed by atoms with Crippen LogP contribution in [-0.2, 0) is 11.5 Å². The summed E-state index contributed by atoms with van der Waals surface area (Å²) < 4.78 is 21.9. The number of rotatable bonds is 5. The van der Waals surface area contributed by atoms with Gasteiger partial charge in [0.25, 0.3) is 0 Å². The van der Waals surface area contributed by atoms with Crippen LogP contribution in [0, 0.1) is 5.82 Å². The Hall–Kier alpha value is -0.723. The third-order valence-corrected chi connectivity index (χ3v) is 5.00. The summed E-state index contributed by atoms with van der Waals surface area (Å²) in [5.74, 6) is -0.266. The lowest BCUT2D eigenvalue weighted by Gasteiger charge is -2.15. The molecule has 0 saturated carbocycles. The van der Waals surface area contributed by atoms with Crippen molar-refractivity contribution in [1.82, 2.24) is 9.55 Å². The van der Waals surface area contributed by atoms with Gasteiger partial charge in [-0.25, -0.2) is 9.37 Å². The Morgan fingerprint density at radius 1 is 1.42 bits per heavy atom. The highest BCUT2D eigenvalue weighted by atomic mass is 79.9. The largest absolute Gasteiger partial charge is 0.361 e. The Balaban J connectivity index is 2.05. The quantitative estimate of drug-likeness (QED) is 0.598. The minimum atomic E-state index is -1.08. The van der Waals surface area contributed by atoms with Crippen LogP contribution in [0.25, 0.3) is 11.0 Å². The van der Waals surface area contributed by atoms with Crippen molar-refractivity contribution >= 4 is 35.0 Å². The molecule has 0 aliphatic heterocycles. The maximum Gasteiger partial charge on any atom is 0.150 e. The maximum absolute atomic E-state index is 13.8. The molecule has 0 N–H and O–H groups in total. The van der Waals surface area contributed by atoms with Crippen molar-refractivity contribution in [3.8, 4) is 0 Å². The molecule has 0 fully saturated rings. The Morgan fingerprint density at radius 3 is 2.84 bits per heavy atom. The molecule has 0 saturated heterocycles. The minimum Gasteiger partial charge on any atom is -0.361 e. The number of aromatic nitrogens is 2. The fourth-order valence-corrected chi connectivity index (χ4v) is 2.83. The first-order valence-electron chi connectivity index (χ1n) is 6.24. The van der Waals surface area contributed by atoms with Crippen LogP contribution in [-0.4, -0.2) is 24.2 Å². The number of hydrogen-bond acceptors (Lipinski definition) is 2. The molecule has 2 rings (SSSR count). The van der Waals surface area contributed by atoms with Gasteiger partial charge in [-0.15, -0.1) is 0 Å². The molecule has 0 amide bonds. The van der Waals surface area contributed by atoms with E-state index < -0.39 is 8.07 Å². The van der Waals surface area contributed by atoms with E-state index in [9.17, 15) is 4.39 Å². The number of fused-ring (bicyclic) bond motifs is 1. The van der Waals surface area contributed by atoms with E-state index >= 15 is 0 Å². The molecule has 0 unspecified atom stereocenters. The van der Waals surface area contributed by atoms with E-state index in [1.807, 2.05) is 0 Å². The molecule has 0 aliphatic rings. The minimum absolute atomic E-state index is 0.266. The zero-order valence-corrected chi connectivity index (χ0v) is 14.0. The fourth-order valence-electron chi connectivity index (χ4n) is 1.74. The molecule has 19 heavy (non-hydrogen) atoms. The molecule has 0 spiro atoms.